The molecule has 1 aromatic carbocycles. The molecule has 4 aromatic rings. The normalized spacial score (nSPS) is 19.0. The number of aromatic nitrogens is 2. The lowest BCUT2D eigenvalue weighted by molar-refractivity contribution is 0.0933. The Morgan fingerprint density at radius 1 is 1.17 bits per heavy atom. The third-order valence-electron chi connectivity index (χ3n) is 5.84. The molecule has 0 radical (unpaired) electrons. The van der Waals surface area contributed by atoms with Crippen molar-refractivity contribution >= 4 is 50.6 Å². The van der Waals surface area contributed by atoms with Crippen LogP contribution in [0, 0.1) is 0 Å². The molecular weight excluding hydrogens is 468 g/mol. The number of pyridine rings is 2. The maximum atomic E-state index is 13.2. The van der Waals surface area contributed by atoms with Crippen molar-refractivity contribution < 1.29 is 19.1 Å². The molecule has 1 saturated heterocycles. The summed E-state index contributed by atoms with van der Waals surface area (Å²) in [5.74, 6) is 0.748. The monoisotopic (exact) mass is 488 g/mol. The van der Waals surface area contributed by atoms with E-state index in [1.807, 2.05) is 30.3 Å². The summed E-state index contributed by atoms with van der Waals surface area (Å²) >= 11 is 1.22. The highest BCUT2D eigenvalue weighted by atomic mass is 32.1. The lowest BCUT2D eigenvalue weighted by Gasteiger charge is -2.28. The van der Waals surface area contributed by atoms with E-state index in [1.165, 1.54) is 16.2 Å². The highest BCUT2D eigenvalue weighted by Crippen LogP contribution is 2.45. The highest BCUT2D eigenvalue weighted by Gasteiger charge is 2.34. The van der Waals surface area contributed by atoms with Crippen molar-refractivity contribution in [2.45, 2.75) is 12.1 Å². The maximum Gasteiger partial charge on any atom is 0.331 e. The number of nitrogens with zero attached hydrogens (tertiary/aromatic N) is 3. The molecule has 2 atom stereocenters. The lowest BCUT2D eigenvalue weighted by atomic mass is 10.1. The minimum atomic E-state index is -0.406. The number of nitrogens with one attached hydrogen (secondary N) is 2. The molecule has 2 aliphatic rings. The summed E-state index contributed by atoms with van der Waals surface area (Å²) in [5, 5.41) is 6.47. The Morgan fingerprint density at radius 3 is 2.77 bits per heavy atom. The van der Waals surface area contributed by atoms with Crippen LogP contribution in [0.3, 0.4) is 0 Å². The van der Waals surface area contributed by atoms with Crippen molar-refractivity contribution in [2.75, 3.05) is 23.4 Å². The Labute approximate surface area is 203 Å². The third-order valence-corrected chi connectivity index (χ3v) is 6.93. The number of urea groups is 1. The van der Waals surface area contributed by atoms with Crippen LogP contribution in [0.15, 0.2) is 60.9 Å². The SMILES string of the molecule is N[C@H]1COC[C@H]1NC(=O)c1sc2nccc3c2c1NC(=O)N3c1ccc(Oc2ccccc2)nc1. The van der Waals surface area contributed by atoms with Crippen LogP contribution in [0.25, 0.3) is 10.2 Å². The minimum absolute atomic E-state index is 0.273. The Hall–Kier alpha value is -4.06. The number of para-hydroxylation sites is 1. The summed E-state index contributed by atoms with van der Waals surface area (Å²) in [6.45, 7) is 0.749. The molecule has 4 N–H and O–H groups in total. The number of rotatable bonds is 5. The number of anilines is 3. The van der Waals surface area contributed by atoms with Gasteiger partial charge >= 0.3 is 6.03 Å². The van der Waals surface area contributed by atoms with Gasteiger partial charge in [-0.2, -0.15) is 0 Å². The summed E-state index contributed by atoms with van der Waals surface area (Å²) < 4.78 is 11.1. The zero-order valence-corrected chi connectivity index (χ0v) is 19.1. The zero-order valence-electron chi connectivity index (χ0n) is 18.3. The van der Waals surface area contributed by atoms with Gasteiger partial charge in [0.05, 0.1) is 53.9 Å². The Kier molecular flexibility index (Phi) is 5.29. The molecule has 0 bridgehead atoms. The van der Waals surface area contributed by atoms with Crippen molar-refractivity contribution in [3.63, 3.8) is 0 Å². The van der Waals surface area contributed by atoms with Gasteiger partial charge in [-0.3, -0.25) is 9.69 Å². The molecule has 10 nitrogen and oxygen atoms in total. The van der Waals surface area contributed by atoms with Crippen molar-refractivity contribution in [3.05, 3.63) is 65.8 Å². The van der Waals surface area contributed by atoms with Gasteiger partial charge in [0.25, 0.3) is 5.91 Å². The Balaban J connectivity index is 1.32. The molecule has 3 aromatic heterocycles. The van der Waals surface area contributed by atoms with Crippen LogP contribution < -0.4 is 26.0 Å². The molecule has 1 fully saturated rings. The van der Waals surface area contributed by atoms with E-state index in [0.29, 0.717) is 57.0 Å². The number of hydrogen-bond donors (Lipinski definition) is 3. The average Bonchev–Trinajstić information content (AvgIpc) is 3.44. The maximum absolute atomic E-state index is 13.2. The minimum Gasteiger partial charge on any atom is -0.439 e. The Bertz CT molecular complexity index is 1430. The van der Waals surface area contributed by atoms with Gasteiger partial charge in [-0.25, -0.2) is 14.8 Å². The topological polar surface area (TPSA) is 132 Å². The van der Waals surface area contributed by atoms with Crippen LogP contribution >= 0.6 is 11.3 Å². The first-order chi connectivity index (χ1) is 17.1. The molecule has 5 heterocycles. The van der Waals surface area contributed by atoms with Crippen molar-refractivity contribution in [1.29, 1.82) is 0 Å². The van der Waals surface area contributed by atoms with Crippen LogP contribution in [-0.2, 0) is 4.74 Å². The zero-order chi connectivity index (χ0) is 23.9. The van der Waals surface area contributed by atoms with E-state index in [2.05, 4.69) is 20.6 Å². The van der Waals surface area contributed by atoms with E-state index in [4.69, 9.17) is 15.2 Å². The molecule has 6 rings (SSSR count). The molecule has 11 heteroatoms. The first-order valence-corrected chi connectivity index (χ1v) is 11.8. The summed E-state index contributed by atoms with van der Waals surface area (Å²) in [6, 6.07) is 13.5. The van der Waals surface area contributed by atoms with Gasteiger partial charge in [-0.1, -0.05) is 18.2 Å². The van der Waals surface area contributed by atoms with Gasteiger partial charge in [-0.15, -0.1) is 11.3 Å². The summed E-state index contributed by atoms with van der Waals surface area (Å²) in [5.41, 5.74) is 7.61. The second-order valence-corrected chi connectivity index (χ2v) is 9.13. The number of amides is 3. The summed E-state index contributed by atoms with van der Waals surface area (Å²) in [7, 11) is 0. The number of ether oxygens (including phenoxy) is 2. The molecular formula is C24H20N6O4S. The van der Waals surface area contributed by atoms with Crippen molar-refractivity contribution in [1.82, 2.24) is 15.3 Å². The van der Waals surface area contributed by atoms with Crippen molar-refractivity contribution in [2.24, 2.45) is 5.73 Å². The first-order valence-electron chi connectivity index (χ1n) is 10.9. The number of hydrogen-bond acceptors (Lipinski definition) is 8. The predicted molar refractivity (Wildman–Crippen MR) is 132 cm³/mol. The van der Waals surface area contributed by atoms with E-state index >= 15 is 0 Å². The van der Waals surface area contributed by atoms with Crippen LogP contribution in [0.2, 0.25) is 0 Å². The molecule has 176 valence electrons. The second kappa shape index (κ2) is 8.62. The molecule has 2 aliphatic heterocycles. The van der Waals surface area contributed by atoms with Gasteiger partial charge in [0.1, 0.15) is 15.5 Å². The predicted octanol–water partition coefficient (Wildman–Crippen LogP) is 3.62. The fourth-order valence-electron chi connectivity index (χ4n) is 4.13. The largest absolute Gasteiger partial charge is 0.439 e. The van der Waals surface area contributed by atoms with Crippen LogP contribution in [0.1, 0.15) is 9.67 Å². The molecule has 0 aliphatic carbocycles. The quantitative estimate of drug-likeness (QED) is 0.391. The number of benzene rings is 1. The van der Waals surface area contributed by atoms with Gasteiger partial charge in [0.2, 0.25) is 5.88 Å². The number of carbonyl (C=O) groups is 2. The van der Waals surface area contributed by atoms with Gasteiger partial charge < -0.3 is 25.8 Å². The van der Waals surface area contributed by atoms with E-state index < -0.39 is 6.03 Å². The van der Waals surface area contributed by atoms with E-state index in [-0.39, 0.29) is 18.0 Å². The van der Waals surface area contributed by atoms with Gasteiger partial charge in [0.15, 0.2) is 0 Å². The van der Waals surface area contributed by atoms with Crippen LogP contribution in [0.5, 0.6) is 11.6 Å². The van der Waals surface area contributed by atoms with Gasteiger partial charge in [0, 0.05) is 12.3 Å². The summed E-state index contributed by atoms with van der Waals surface area (Å²) in [6.07, 6.45) is 3.18. The fourth-order valence-corrected chi connectivity index (χ4v) is 5.15. The summed E-state index contributed by atoms with van der Waals surface area (Å²) in [4.78, 5) is 37.6. The first kappa shape index (κ1) is 21.5. The molecule has 0 unspecified atom stereocenters. The number of carbonyl (C=O) groups excluding carboxylic acids is 2. The molecule has 3 amide bonds. The second-order valence-electron chi connectivity index (χ2n) is 8.13. The van der Waals surface area contributed by atoms with E-state index in [0.717, 1.165) is 0 Å². The van der Waals surface area contributed by atoms with Crippen LogP contribution in [-0.4, -0.2) is 47.2 Å². The highest BCUT2D eigenvalue weighted by molar-refractivity contribution is 7.21. The third kappa shape index (κ3) is 3.85. The average molecular weight is 489 g/mol. The number of thiophene rings is 1. The molecule has 0 spiro atoms. The van der Waals surface area contributed by atoms with Crippen LogP contribution in [0.4, 0.5) is 21.9 Å². The fraction of sp³-hybridized carbons (Fsp3) is 0.167. The standard InChI is InChI=1S/C24H20N6O4S/c25-15-11-33-12-16(15)28-22(31)21-20-19-17(8-9-26-23(19)35-21)30(24(32)29-20)13-6-7-18(27-10-13)34-14-4-2-1-3-5-14/h1-10,15-16H,11-12,25H2,(H,28,31)(H,29,32)/t15-,16+/m0/s1. The number of nitrogens with two attached hydrogens (primary N) is 1. The smallest absolute Gasteiger partial charge is 0.331 e. The van der Waals surface area contributed by atoms with Gasteiger partial charge in [-0.05, 0) is 24.3 Å². The lowest BCUT2D eigenvalue weighted by Crippen LogP contribution is -2.46. The molecule has 0 saturated carbocycles. The van der Waals surface area contributed by atoms with Crippen molar-refractivity contribution in [3.8, 4) is 11.6 Å². The van der Waals surface area contributed by atoms with E-state index in [9.17, 15) is 9.59 Å². The van der Waals surface area contributed by atoms with E-state index in [1.54, 1.807) is 30.6 Å². The molecule has 35 heavy (non-hydrogen) atoms. The Morgan fingerprint density at radius 2 is 2.03 bits per heavy atom.